The van der Waals surface area contributed by atoms with Crippen LogP contribution in [0.1, 0.15) is 337 Å². The van der Waals surface area contributed by atoms with E-state index in [1.54, 1.807) is 0 Å². The minimum atomic E-state index is -4.50. The molecule has 12 bridgehead atoms. The minimum Gasteiger partial charge on any atom is -0.365 e. The molecule has 13 fully saturated rings. The summed E-state index contributed by atoms with van der Waals surface area (Å²) in [6.45, 7) is 46.8. The summed E-state index contributed by atoms with van der Waals surface area (Å²) in [5, 5.41) is -0.334. The lowest BCUT2D eigenvalue weighted by Crippen LogP contribution is -2.77. The molecule has 13 rings (SSSR count). The van der Waals surface area contributed by atoms with Gasteiger partial charge in [0.2, 0.25) is 0 Å². The zero-order valence-electron chi connectivity index (χ0n) is 86.3. The van der Waals surface area contributed by atoms with E-state index in [2.05, 4.69) is 206 Å². The second-order valence-electron chi connectivity index (χ2n) is 39.4. The molecule has 0 aromatic rings. The van der Waals surface area contributed by atoms with Crippen molar-refractivity contribution in [3.05, 3.63) is 0 Å². The van der Waals surface area contributed by atoms with Crippen molar-refractivity contribution >= 4 is 287 Å². The second kappa shape index (κ2) is 56.0. The number of hydrogen-bond acceptors (Lipinski definition) is 36. The second-order valence-corrected chi connectivity index (χ2v) is 122. The highest BCUT2D eigenvalue weighted by Crippen LogP contribution is 3.20. The van der Waals surface area contributed by atoms with Crippen molar-refractivity contribution < 1.29 is 79.7 Å². The van der Waals surface area contributed by atoms with Crippen molar-refractivity contribution in [3.63, 3.8) is 0 Å². The van der Waals surface area contributed by atoms with Gasteiger partial charge in [0.05, 0.1) is 8.16 Å². The largest absolute Gasteiger partial charge is 0.583 e. The Kier molecular flexibility index (Phi) is 50.3. The van der Waals surface area contributed by atoms with E-state index >= 15 is 0 Å². The minimum absolute atomic E-state index is 0.0331. The predicted octanol–water partition coefficient (Wildman–Crippen LogP) is 33.7. The van der Waals surface area contributed by atoms with Gasteiger partial charge in [0.15, 0.2) is 0 Å². The van der Waals surface area contributed by atoms with E-state index in [0.29, 0.717) is 154 Å². The van der Waals surface area contributed by atoms with Crippen LogP contribution < -0.4 is 0 Å². The van der Waals surface area contributed by atoms with Gasteiger partial charge in [-0.3, -0.25) is 0 Å². The lowest BCUT2D eigenvalue weighted by Gasteiger charge is -2.89. The molecule has 0 spiro atoms. The quantitative estimate of drug-likeness (QED) is 0.0193. The summed E-state index contributed by atoms with van der Waals surface area (Å²) >= 11 is 43.3. The van der Waals surface area contributed by atoms with Crippen LogP contribution in [0, 0.1) is 71.0 Å². The average molecular weight is 2490 g/mol. The molecule has 18 nitrogen and oxygen atoms in total. The van der Waals surface area contributed by atoms with E-state index in [0.717, 1.165) is 212 Å². The summed E-state index contributed by atoms with van der Waals surface area (Å²) in [6.07, 6.45) is 34.3. The van der Waals surface area contributed by atoms with Crippen molar-refractivity contribution in [2.75, 3.05) is 119 Å². The SMILES string of the molecule is CCO[Si](OCC)(OCC)SS(SS)(C1CC2CCC1C2)C1(S(SS)(S[Si](OCC)(OCC)OCC)C2CC3CCC2C3)CCCCCCCCCC(S(SS)(S[Si](OCC)(OCC)OCC)C2CC3CCC2C3)(S(SS)(S[Si](OCC)(OCC)OCC)C2CC3CCC2C3)C1(S(SS)(S[Si](OCC)(OCC)OCC)C1CC2CCC1C2)S(SS)(S[Si](OCC)(OCC)OCC)C1CC2CCC1C2. The first-order chi connectivity index (χ1) is 66.8. The van der Waals surface area contributed by atoms with Gasteiger partial charge in [0.25, 0.3) is 0 Å². The molecule has 0 amide bonds. The third-order valence-electron chi connectivity index (χ3n) is 32.4. The van der Waals surface area contributed by atoms with Gasteiger partial charge < -0.3 is 79.7 Å². The van der Waals surface area contributed by atoms with Crippen LogP contribution in [0.5, 0.6) is 0 Å². The van der Waals surface area contributed by atoms with Gasteiger partial charge in [0, 0.05) is 150 Å². The van der Waals surface area contributed by atoms with Gasteiger partial charge in [-0.2, -0.15) is 0 Å². The molecule has 13 aliphatic rings. The fourth-order valence-corrected chi connectivity index (χ4v) is 228. The maximum atomic E-state index is 8.52. The molecule has 0 aromatic heterocycles. The molecule has 48 heteroatoms. The Balaban J connectivity index is 1.62. The van der Waals surface area contributed by atoms with Crippen molar-refractivity contribution in [2.24, 2.45) is 71.0 Å². The average Bonchev–Trinajstić information content (AvgIpc) is 1.17. The molecule has 0 N–H and O–H groups in total. The zero-order valence-corrected chi connectivity index (χ0v) is 112. The van der Waals surface area contributed by atoms with E-state index in [9.17, 15) is 0 Å². The van der Waals surface area contributed by atoms with Crippen LogP contribution in [-0.2, 0) is 79.7 Å². The third-order valence-corrected chi connectivity index (χ3v) is 169. The summed E-state index contributed by atoms with van der Waals surface area (Å²) in [7, 11) is -21.2. The van der Waals surface area contributed by atoms with Crippen LogP contribution in [0.15, 0.2) is 0 Å². The summed E-state index contributed by atoms with van der Waals surface area (Å²) < 4.78 is 148. The van der Waals surface area contributed by atoms with E-state index in [1.165, 1.54) is 0 Å². The van der Waals surface area contributed by atoms with Gasteiger partial charge in [-0.15, -0.1) is 119 Å². The Hall–Kier alpha value is 8.98. The van der Waals surface area contributed by atoms with Crippen LogP contribution in [-0.4, -0.2) is 210 Å². The summed E-state index contributed by atoms with van der Waals surface area (Å²) in [5.41, 5.74) is 0. The molecule has 0 radical (unpaired) electrons. The van der Waals surface area contributed by atoms with Crippen molar-refractivity contribution in [1.82, 2.24) is 0 Å². The molecular weight excluding hydrogens is 2310 g/mol. The Morgan fingerprint density at radius 3 is 0.457 bits per heavy atom. The van der Waals surface area contributed by atoms with Crippen LogP contribution in [0.25, 0.3) is 0 Å². The van der Waals surface area contributed by atoms with E-state index in [-0.39, 0.29) is 67.0 Å². The Morgan fingerprint density at radius 1 is 0.196 bits per heavy atom. The fraction of sp³-hybridized carbons (Fsp3) is 1.00. The van der Waals surface area contributed by atoms with Crippen molar-refractivity contribution in [3.8, 4) is 0 Å². The van der Waals surface area contributed by atoms with Crippen molar-refractivity contribution in [2.45, 2.75) is 380 Å². The lowest BCUT2D eigenvalue weighted by atomic mass is 9.98. The molecule has 0 aromatic carbocycles. The standard InChI is InChI=1S/C90H180O18S24Si6/c1-19-91-133(92-20-2,93-21-3)121-127(115-109,82-64-70-44-50-76(82)58-70)88(128(116-110,83-65-71-45-51-77(83)59-71)122-134(94-22-4,95-23-5)96-24-6)56-42-40-38-37-39-41-43-57-89(129(117-111,84-66-72-46-52-78(84)60-72)123-135(97-25-7,98-26-8)99-27-9,130(118-112,85-67-73-47-53-79(85)61-73)124-136(100-28-10,101-29-11)102-30-12)90(88,131(119-113,86-68-74-48-54-80(86)62-74)125-137(103-31-13,104-32-14)105-33-15)132(120-114,87-69-75-49-55-81(87)63-75)126-138(106-34-16,107-35-17)108-36-18/h70-87,109-114H,19-69H2,1-18H3. The van der Waals surface area contributed by atoms with Gasteiger partial charge in [-0.1, -0.05) is 83.5 Å². The number of hydrogen-bond donors (Lipinski definition) is 6. The zero-order chi connectivity index (χ0) is 99.2. The van der Waals surface area contributed by atoms with Gasteiger partial charge in [0.1, 0.15) is 4.08 Å². The number of thiol groups is 6. The van der Waals surface area contributed by atoms with Gasteiger partial charge >= 0.3 is 47.7 Å². The first-order valence-corrected chi connectivity index (χ1v) is 101. The molecular formula is C90H180O18S24Si6. The predicted molar refractivity (Wildman–Crippen MR) is 660 cm³/mol. The van der Waals surface area contributed by atoms with Crippen LogP contribution in [0.4, 0.5) is 0 Å². The van der Waals surface area contributed by atoms with E-state index in [4.69, 9.17) is 150 Å². The molecule has 13 aliphatic carbocycles. The van der Waals surface area contributed by atoms with Gasteiger partial charge in [-0.25, -0.2) is 0 Å². The number of fused-ring (bicyclic) bond motifs is 12. The normalized spacial score (nSPS) is 36.3. The molecule has 0 heterocycles. The van der Waals surface area contributed by atoms with Crippen LogP contribution in [0.2, 0.25) is 0 Å². The Bertz CT molecular complexity index is 3230. The highest BCUT2D eigenvalue weighted by molar-refractivity contribution is 9.51. The smallest absolute Gasteiger partial charge is 0.365 e. The van der Waals surface area contributed by atoms with Crippen LogP contribution >= 0.6 is 239 Å². The maximum absolute atomic E-state index is 8.52. The van der Waals surface area contributed by atoms with E-state index in [1.807, 2.05) is 39.3 Å². The van der Waals surface area contributed by atoms with E-state index < -0.39 is 109 Å². The highest BCUT2D eigenvalue weighted by Gasteiger charge is 2.97. The molecule has 24 unspecified atom stereocenters. The number of rotatable bonds is 66. The lowest BCUT2D eigenvalue weighted by molar-refractivity contribution is 0.0962. The van der Waals surface area contributed by atoms with Crippen molar-refractivity contribution in [1.29, 1.82) is 0 Å². The first-order valence-electron chi connectivity index (χ1n) is 53.5. The van der Waals surface area contributed by atoms with Gasteiger partial charge in [-0.05, 0) is 444 Å². The Morgan fingerprint density at radius 2 is 0.333 bits per heavy atom. The molecule has 13 saturated carbocycles. The summed E-state index contributed by atoms with van der Waals surface area (Å²) in [4.78, 5) is 0. The molecule has 816 valence electrons. The molecule has 0 saturated heterocycles. The fourth-order valence-electron chi connectivity index (χ4n) is 28.5. The molecule has 24 atom stereocenters. The highest BCUT2D eigenvalue weighted by atomic mass is 33.8. The first kappa shape index (κ1) is 124. The molecule has 0 aliphatic heterocycles. The summed E-state index contributed by atoms with van der Waals surface area (Å²) in [5.74, 6) is 3.68. The maximum Gasteiger partial charge on any atom is 0.583 e. The third kappa shape index (κ3) is 23.3. The molecule has 138 heavy (non-hydrogen) atoms. The monoisotopic (exact) mass is 2480 g/mol. The summed E-state index contributed by atoms with van der Waals surface area (Å²) in [6, 6.07) is 0. The van der Waals surface area contributed by atoms with Crippen LogP contribution in [0.3, 0.4) is 0 Å². The Labute approximate surface area is 925 Å². The topological polar surface area (TPSA) is 166 Å².